The fourth-order valence-corrected chi connectivity index (χ4v) is 1.40. The molecule has 1 heterocycles. The average molecular weight is 305 g/mol. The van der Waals surface area contributed by atoms with Gasteiger partial charge >= 0.3 is 6.18 Å². The van der Waals surface area contributed by atoms with Gasteiger partial charge in [0.1, 0.15) is 5.82 Å². The Morgan fingerprint density at radius 2 is 1.81 bits per heavy atom. The van der Waals surface area contributed by atoms with E-state index in [9.17, 15) is 22.0 Å². The second kappa shape index (κ2) is 5.51. The lowest BCUT2D eigenvalue weighted by Gasteiger charge is -2.11. The van der Waals surface area contributed by atoms with Crippen LogP contribution < -0.4 is 10.1 Å². The van der Waals surface area contributed by atoms with E-state index in [1.807, 2.05) is 0 Å². The molecule has 9 heteroatoms. The topological polar surface area (TPSA) is 47.0 Å². The molecule has 0 spiro atoms. The van der Waals surface area contributed by atoms with Crippen molar-refractivity contribution < 1.29 is 26.7 Å². The third-order valence-electron chi connectivity index (χ3n) is 2.33. The molecular formula is C12H8F5N3O. The molecule has 0 aliphatic heterocycles. The molecule has 0 radical (unpaired) electrons. The van der Waals surface area contributed by atoms with Crippen molar-refractivity contribution in [3.8, 4) is 11.6 Å². The number of nitrogens with one attached hydrogen (secondary N) is 1. The van der Waals surface area contributed by atoms with Crippen LogP contribution in [0.5, 0.6) is 11.6 Å². The standard InChI is InChI=1S/C12H8F5N3O/c1-18-11-19-9(12(15,16)17)5-10(20-11)21-8-3-2-6(13)4-7(8)14/h2-5H,1H3,(H,18,19,20). The molecule has 0 atom stereocenters. The molecular weight excluding hydrogens is 297 g/mol. The predicted octanol–water partition coefficient (Wildman–Crippen LogP) is 3.61. The maximum Gasteiger partial charge on any atom is 0.433 e. The highest BCUT2D eigenvalue weighted by atomic mass is 19.4. The molecule has 1 N–H and O–H groups in total. The van der Waals surface area contributed by atoms with Crippen molar-refractivity contribution in [1.82, 2.24) is 9.97 Å². The molecule has 4 nitrogen and oxygen atoms in total. The summed E-state index contributed by atoms with van der Waals surface area (Å²) in [5.41, 5.74) is -1.25. The smallest absolute Gasteiger partial charge is 0.433 e. The Morgan fingerprint density at radius 3 is 2.38 bits per heavy atom. The third kappa shape index (κ3) is 3.56. The molecule has 1 aromatic carbocycles. The van der Waals surface area contributed by atoms with Gasteiger partial charge in [0.15, 0.2) is 17.3 Å². The van der Waals surface area contributed by atoms with Crippen molar-refractivity contribution in [3.05, 3.63) is 41.6 Å². The Balaban J connectivity index is 2.39. The van der Waals surface area contributed by atoms with Crippen molar-refractivity contribution >= 4 is 5.95 Å². The lowest BCUT2D eigenvalue weighted by Crippen LogP contribution is -2.11. The first kappa shape index (κ1) is 14.9. The summed E-state index contributed by atoms with van der Waals surface area (Å²) in [5.74, 6) is -3.22. The van der Waals surface area contributed by atoms with Crippen molar-refractivity contribution in [3.63, 3.8) is 0 Å². The van der Waals surface area contributed by atoms with Crippen LogP contribution in [-0.2, 0) is 6.18 Å². The van der Waals surface area contributed by atoms with E-state index in [-0.39, 0.29) is 5.95 Å². The molecule has 0 aliphatic carbocycles. The number of alkyl halides is 3. The quantitative estimate of drug-likeness (QED) is 0.880. The molecule has 0 saturated carbocycles. The van der Waals surface area contributed by atoms with Gasteiger partial charge in [0, 0.05) is 19.2 Å². The van der Waals surface area contributed by atoms with Crippen molar-refractivity contribution in [2.24, 2.45) is 0 Å². The predicted molar refractivity (Wildman–Crippen MR) is 63.0 cm³/mol. The first-order valence-electron chi connectivity index (χ1n) is 5.56. The molecule has 1 aromatic heterocycles. The molecule has 2 rings (SSSR count). The average Bonchev–Trinajstić information content (AvgIpc) is 2.40. The van der Waals surface area contributed by atoms with Gasteiger partial charge in [-0.05, 0) is 12.1 Å². The van der Waals surface area contributed by atoms with Crippen LogP contribution in [0, 0.1) is 11.6 Å². The summed E-state index contributed by atoms with van der Waals surface area (Å²) in [4.78, 5) is 6.84. The number of ether oxygens (including phenoxy) is 1. The Bertz CT molecular complexity index is 660. The van der Waals surface area contributed by atoms with Crippen LogP contribution in [0.4, 0.5) is 27.9 Å². The Hall–Kier alpha value is -2.45. The minimum absolute atomic E-state index is 0.345. The number of hydrogen-bond acceptors (Lipinski definition) is 4. The van der Waals surface area contributed by atoms with Gasteiger partial charge in [-0.1, -0.05) is 0 Å². The Kier molecular flexibility index (Phi) is 3.92. The highest BCUT2D eigenvalue weighted by Gasteiger charge is 2.34. The summed E-state index contributed by atoms with van der Waals surface area (Å²) in [5, 5.41) is 2.33. The number of rotatable bonds is 3. The second-order valence-corrected chi connectivity index (χ2v) is 3.84. The molecule has 0 amide bonds. The number of benzene rings is 1. The molecule has 112 valence electrons. The highest BCUT2D eigenvalue weighted by molar-refractivity contribution is 5.35. The van der Waals surface area contributed by atoms with Gasteiger partial charge in [-0.25, -0.2) is 13.8 Å². The van der Waals surface area contributed by atoms with Gasteiger partial charge in [0.25, 0.3) is 0 Å². The van der Waals surface area contributed by atoms with Gasteiger partial charge in [-0.3, -0.25) is 0 Å². The van der Waals surface area contributed by atoms with E-state index >= 15 is 0 Å². The first-order chi connectivity index (χ1) is 9.79. The Labute approximate surface area is 115 Å². The zero-order chi connectivity index (χ0) is 15.6. The number of halogens is 5. The van der Waals surface area contributed by atoms with E-state index in [0.717, 1.165) is 12.1 Å². The van der Waals surface area contributed by atoms with Crippen molar-refractivity contribution in [2.45, 2.75) is 6.18 Å². The van der Waals surface area contributed by atoms with Crippen molar-refractivity contribution in [2.75, 3.05) is 12.4 Å². The van der Waals surface area contributed by atoms with E-state index in [0.29, 0.717) is 12.1 Å². The zero-order valence-corrected chi connectivity index (χ0v) is 10.5. The maximum atomic E-state index is 13.4. The van der Waals surface area contributed by atoms with Crippen LogP contribution >= 0.6 is 0 Å². The van der Waals surface area contributed by atoms with E-state index in [4.69, 9.17) is 4.74 Å². The second-order valence-electron chi connectivity index (χ2n) is 3.84. The van der Waals surface area contributed by atoms with Crippen LogP contribution in [0.15, 0.2) is 24.3 Å². The van der Waals surface area contributed by atoms with Crippen LogP contribution in [0.1, 0.15) is 5.69 Å². The number of nitrogens with zero attached hydrogens (tertiary/aromatic N) is 2. The molecule has 0 bridgehead atoms. The van der Waals surface area contributed by atoms with Gasteiger partial charge in [0.2, 0.25) is 11.8 Å². The summed E-state index contributed by atoms with van der Waals surface area (Å²) in [6, 6.07) is 2.91. The third-order valence-corrected chi connectivity index (χ3v) is 2.33. The number of anilines is 1. The molecule has 2 aromatic rings. The van der Waals surface area contributed by atoms with E-state index in [1.165, 1.54) is 7.05 Å². The largest absolute Gasteiger partial charge is 0.436 e. The summed E-state index contributed by atoms with van der Waals surface area (Å²) in [7, 11) is 1.32. The SMILES string of the molecule is CNc1nc(Oc2ccc(F)cc2F)cc(C(F)(F)F)n1. The van der Waals surface area contributed by atoms with Crippen LogP contribution in [0.25, 0.3) is 0 Å². The van der Waals surface area contributed by atoms with Crippen LogP contribution in [0.2, 0.25) is 0 Å². The van der Waals surface area contributed by atoms with Gasteiger partial charge in [0.05, 0.1) is 0 Å². The monoisotopic (exact) mass is 305 g/mol. The molecule has 0 unspecified atom stereocenters. The normalized spacial score (nSPS) is 11.3. The minimum Gasteiger partial charge on any atom is -0.436 e. The molecule has 21 heavy (non-hydrogen) atoms. The summed E-state index contributed by atoms with van der Waals surface area (Å²) >= 11 is 0. The lowest BCUT2D eigenvalue weighted by atomic mass is 10.3. The first-order valence-corrected chi connectivity index (χ1v) is 5.56. The lowest BCUT2D eigenvalue weighted by molar-refractivity contribution is -0.141. The molecule has 0 fully saturated rings. The van der Waals surface area contributed by atoms with Crippen molar-refractivity contribution in [1.29, 1.82) is 0 Å². The number of hydrogen-bond donors (Lipinski definition) is 1. The fraction of sp³-hybridized carbons (Fsp3) is 0.167. The fourth-order valence-electron chi connectivity index (χ4n) is 1.40. The highest BCUT2D eigenvalue weighted by Crippen LogP contribution is 2.32. The Morgan fingerprint density at radius 1 is 1.10 bits per heavy atom. The van der Waals surface area contributed by atoms with Crippen LogP contribution in [0.3, 0.4) is 0 Å². The van der Waals surface area contributed by atoms with E-state index in [2.05, 4.69) is 15.3 Å². The summed E-state index contributed by atoms with van der Waals surface area (Å²) in [6.45, 7) is 0. The van der Waals surface area contributed by atoms with Gasteiger partial charge < -0.3 is 10.1 Å². The summed E-state index contributed by atoms with van der Waals surface area (Å²) < 4.78 is 69.0. The molecule has 0 saturated heterocycles. The molecule has 0 aliphatic rings. The minimum atomic E-state index is -4.71. The van der Waals surface area contributed by atoms with Gasteiger partial charge in [-0.2, -0.15) is 18.2 Å². The van der Waals surface area contributed by atoms with E-state index < -0.39 is 35.1 Å². The van der Waals surface area contributed by atoms with E-state index in [1.54, 1.807) is 0 Å². The summed E-state index contributed by atoms with van der Waals surface area (Å²) in [6.07, 6.45) is -4.71. The maximum absolute atomic E-state index is 13.4. The zero-order valence-electron chi connectivity index (χ0n) is 10.5. The number of aromatic nitrogens is 2. The van der Waals surface area contributed by atoms with Gasteiger partial charge in [-0.15, -0.1) is 0 Å². The van der Waals surface area contributed by atoms with Crippen LogP contribution in [-0.4, -0.2) is 17.0 Å².